The quantitative estimate of drug-likeness (QED) is 0.671. The molecule has 1 aromatic carbocycles. The van der Waals surface area contributed by atoms with Crippen LogP contribution in [-0.2, 0) is 11.7 Å². The predicted octanol–water partition coefficient (Wildman–Crippen LogP) is 2.28. The molecule has 0 fully saturated rings. The lowest BCUT2D eigenvalue weighted by Gasteiger charge is -2.02. The van der Waals surface area contributed by atoms with Gasteiger partial charge in [-0.15, -0.1) is 0 Å². The lowest BCUT2D eigenvalue weighted by atomic mass is 10.2. The molecule has 0 saturated carbocycles. The molecule has 3 heteroatoms. The molecule has 0 bridgehead atoms. The van der Waals surface area contributed by atoms with Crippen molar-refractivity contribution in [3.05, 3.63) is 28.8 Å². The van der Waals surface area contributed by atoms with Crippen LogP contribution in [0, 0.1) is 0 Å². The second-order valence-corrected chi connectivity index (χ2v) is 2.52. The van der Waals surface area contributed by atoms with Crippen molar-refractivity contribution in [2.75, 3.05) is 7.11 Å². The first-order chi connectivity index (χ1) is 5.27. The summed E-state index contributed by atoms with van der Waals surface area (Å²) in [5, 5.41) is 10.9. The molecule has 0 saturated heterocycles. The van der Waals surface area contributed by atoms with E-state index in [9.17, 15) is 5.11 Å². The van der Waals surface area contributed by atoms with E-state index in [1.807, 2.05) is 0 Å². The molecule has 1 rings (SSSR count). The van der Waals surface area contributed by atoms with Crippen LogP contribution in [0.1, 0.15) is 5.56 Å². The normalized spacial score (nSPS) is 9.73. The summed E-state index contributed by atoms with van der Waals surface area (Å²) in [4.78, 5) is 0. The summed E-state index contributed by atoms with van der Waals surface area (Å²) >= 11 is 5.73. The van der Waals surface area contributed by atoms with E-state index >= 15 is 0 Å². The molecule has 1 aromatic rings. The molecule has 0 spiro atoms. The third-order valence-corrected chi connectivity index (χ3v) is 1.69. The second kappa shape index (κ2) is 3.60. The van der Waals surface area contributed by atoms with Crippen LogP contribution in [0.5, 0.6) is 5.75 Å². The van der Waals surface area contributed by atoms with Gasteiger partial charge in [0, 0.05) is 0 Å². The molecule has 0 aliphatic heterocycles. The van der Waals surface area contributed by atoms with Crippen molar-refractivity contribution in [2.45, 2.75) is 6.61 Å². The molecule has 0 N–H and O–H groups in total. The van der Waals surface area contributed by atoms with E-state index in [-0.39, 0.29) is 6.61 Å². The van der Waals surface area contributed by atoms with Crippen molar-refractivity contribution in [3.8, 4) is 5.75 Å². The van der Waals surface area contributed by atoms with Gasteiger partial charge in [-0.05, 0) is 17.7 Å². The number of methoxy groups -OCH3 is 1. The molecule has 0 unspecified atom stereocenters. The van der Waals surface area contributed by atoms with Gasteiger partial charge in [0.2, 0.25) is 0 Å². The van der Waals surface area contributed by atoms with Crippen molar-refractivity contribution in [3.63, 3.8) is 0 Å². The highest BCUT2D eigenvalue weighted by Crippen LogP contribution is 2.24. The summed E-state index contributed by atoms with van der Waals surface area (Å²) in [7, 11) is 1.52. The summed E-state index contributed by atoms with van der Waals surface area (Å²) in [6.45, 7) is -0.243. The Morgan fingerprint density at radius 3 is 2.82 bits per heavy atom. The van der Waals surface area contributed by atoms with Crippen LogP contribution in [0.3, 0.4) is 0 Å². The van der Waals surface area contributed by atoms with Crippen molar-refractivity contribution in [2.24, 2.45) is 0 Å². The second-order valence-electron chi connectivity index (χ2n) is 2.11. The minimum atomic E-state index is -0.243. The topological polar surface area (TPSA) is 29.1 Å². The molecule has 0 amide bonds. The summed E-state index contributed by atoms with van der Waals surface area (Å²) in [6, 6.07) is 5.00. The summed E-state index contributed by atoms with van der Waals surface area (Å²) < 4.78 is 4.92. The maximum Gasteiger partial charge on any atom is 0.137 e. The Morgan fingerprint density at radius 1 is 1.55 bits per heavy atom. The molecule has 11 heavy (non-hydrogen) atoms. The Balaban J connectivity index is 3.02. The zero-order valence-corrected chi connectivity index (χ0v) is 6.89. The van der Waals surface area contributed by atoms with Crippen LogP contribution in [0.4, 0.5) is 0 Å². The molecule has 1 radical (unpaired) electrons. The van der Waals surface area contributed by atoms with Crippen molar-refractivity contribution >= 4 is 11.6 Å². The molecular formula is C8H8ClO2. The van der Waals surface area contributed by atoms with Crippen molar-refractivity contribution in [1.82, 2.24) is 0 Å². The highest BCUT2D eigenvalue weighted by molar-refractivity contribution is 6.32. The van der Waals surface area contributed by atoms with Gasteiger partial charge in [-0.3, -0.25) is 0 Å². The molecule has 59 valence electrons. The van der Waals surface area contributed by atoms with Crippen LogP contribution in [0.25, 0.3) is 0 Å². The fourth-order valence-corrected chi connectivity index (χ4v) is 0.989. The smallest absolute Gasteiger partial charge is 0.137 e. The van der Waals surface area contributed by atoms with E-state index in [1.54, 1.807) is 18.2 Å². The first kappa shape index (κ1) is 8.37. The van der Waals surface area contributed by atoms with E-state index in [0.29, 0.717) is 16.3 Å². The van der Waals surface area contributed by atoms with Gasteiger partial charge in [-0.2, -0.15) is 0 Å². The van der Waals surface area contributed by atoms with Gasteiger partial charge < -0.3 is 4.74 Å². The zero-order chi connectivity index (χ0) is 8.27. The molecular weight excluding hydrogens is 164 g/mol. The first-order valence-electron chi connectivity index (χ1n) is 3.18. The standard InChI is InChI=1S/C8H8ClO2/c1-11-8-4-6(5-10)2-3-7(8)9/h2-4H,5H2,1H3. The van der Waals surface area contributed by atoms with Crippen molar-refractivity contribution < 1.29 is 9.84 Å². The van der Waals surface area contributed by atoms with Gasteiger partial charge in [0.1, 0.15) is 12.4 Å². The fraction of sp³-hybridized carbons (Fsp3) is 0.250. The van der Waals surface area contributed by atoms with Gasteiger partial charge in [-0.25, -0.2) is 5.11 Å². The summed E-state index contributed by atoms with van der Waals surface area (Å²) in [5.74, 6) is 0.556. The van der Waals surface area contributed by atoms with E-state index in [2.05, 4.69) is 0 Å². The van der Waals surface area contributed by atoms with Crippen LogP contribution < -0.4 is 4.74 Å². The largest absolute Gasteiger partial charge is 0.495 e. The fourth-order valence-electron chi connectivity index (χ4n) is 0.794. The van der Waals surface area contributed by atoms with Crippen LogP contribution >= 0.6 is 11.6 Å². The highest BCUT2D eigenvalue weighted by Gasteiger charge is 2.00. The first-order valence-corrected chi connectivity index (χ1v) is 3.56. The van der Waals surface area contributed by atoms with Crippen LogP contribution in [-0.4, -0.2) is 7.11 Å². The monoisotopic (exact) mass is 171 g/mol. The van der Waals surface area contributed by atoms with E-state index in [1.165, 1.54) is 7.11 Å². The predicted molar refractivity (Wildman–Crippen MR) is 42.4 cm³/mol. The third kappa shape index (κ3) is 1.85. The highest BCUT2D eigenvalue weighted by atomic mass is 35.5. The average Bonchev–Trinajstić information content (AvgIpc) is 2.05. The number of hydrogen-bond donors (Lipinski definition) is 0. The minimum Gasteiger partial charge on any atom is -0.495 e. The van der Waals surface area contributed by atoms with Crippen LogP contribution in [0.2, 0.25) is 5.02 Å². The van der Waals surface area contributed by atoms with E-state index in [4.69, 9.17) is 16.3 Å². The van der Waals surface area contributed by atoms with Gasteiger partial charge in [0.05, 0.1) is 12.1 Å². The van der Waals surface area contributed by atoms with Crippen molar-refractivity contribution in [1.29, 1.82) is 0 Å². The van der Waals surface area contributed by atoms with Gasteiger partial charge in [0.25, 0.3) is 0 Å². The number of hydrogen-bond acceptors (Lipinski definition) is 1. The van der Waals surface area contributed by atoms with E-state index < -0.39 is 0 Å². The minimum absolute atomic E-state index is 0.243. The Bertz CT molecular complexity index is 248. The molecule has 0 aliphatic carbocycles. The van der Waals surface area contributed by atoms with Gasteiger partial charge in [0.15, 0.2) is 0 Å². The Hall–Kier alpha value is -0.730. The molecule has 0 atom stereocenters. The zero-order valence-electron chi connectivity index (χ0n) is 6.13. The van der Waals surface area contributed by atoms with Crippen LogP contribution in [0.15, 0.2) is 18.2 Å². The Morgan fingerprint density at radius 2 is 2.27 bits per heavy atom. The molecule has 0 aromatic heterocycles. The average molecular weight is 172 g/mol. The lowest BCUT2D eigenvalue weighted by molar-refractivity contribution is 0.177. The maximum absolute atomic E-state index is 10.4. The number of ether oxygens (including phenoxy) is 1. The third-order valence-electron chi connectivity index (χ3n) is 1.38. The number of rotatable bonds is 2. The maximum atomic E-state index is 10.4. The summed E-state index contributed by atoms with van der Waals surface area (Å²) in [6.07, 6.45) is 0. The number of halogens is 1. The summed E-state index contributed by atoms with van der Waals surface area (Å²) in [5.41, 5.74) is 0.686. The van der Waals surface area contributed by atoms with E-state index in [0.717, 1.165) is 0 Å². The number of benzene rings is 1. The molecule has 0 heterocycles. The molecule has 0 aliphatic rings. The Kier molecular flexibility index (Phi) is 2.74. The van der Waals surface area contributed by atoms with Gasteiger partial charge in [-0.1, -0.05) is 17.7 Å². The van der Waals surface area contributed by atoms with Gasteiger partial charge >= 0.3 is 0 Å². The Labute approximate surface area is 70.4 Å². The SMILES string of the molecule is COc1cc(C[O])ccc1Cl. The molecule has 2 nitrogen and oxygen atoms in total. The lowest BCUT2D eigenvalue weighted by Crippen LogP contribution is -1.87.